The maximum Gasteiger partial charge on any atom is 0.0464 e. The highest BCUT2D eigenvalue weighted by Gasteiger charge is 2.17. The summed E-state index contributed by atoms with van der Waals surface area (Å²) in [6.45, 7) is 3.72. The average Bonchev–Trinajstić information content (AvgIpc) is 2.26. The number of aliphatic hydroxyl groups excluding tert-OH is 1. The minimum Gasteiger partial charge on any atom is -0.396 e. The van der Waals surface area contributed by atoms with E-state index in [1.54, 1.807) is 0 Å². The Bertz CT molecular complexity index is 166. The molecule has 15 heavy (non-hydrogen) atoms. The van der Waals surface area contributed by atoms with Crippen LogP contribution in [0.1, 0.15) is 32.6 Å². The first-order valence-electron chi connectivity index (χ1n) is 6.13. The predicted octanol–water partition coefficient (Wildman–Crippen LogP) is 2.22. The molecule has 3 heteroatoms. The van der Waals surface area contributed by atoms with Crippen LogP contribution in [0, 0.1) is 5.92 Å². The van der Waals surface area contributed by atoms with Gasteiger partial charge < -0.3 is 10.0 Å². The molecule has 0 aromatic carbocycles. The molecule has 0 aromatic heterocycles. The molecule has 0 spiro atoms. The molecule has 1 aliphatic heterocycles. The van der Waals surface area contributed by atoms with E-state index in [0.717, 1.165) is 11.8 Å². The van der Waals surface area contributed by atoms with E-state index >= 15 is 0 Å². The SMILES string of the molecule is C[C@H](CO)CSCC[C@@H]1CCCCN1C. The van der Waals surface area contributed by atoms with Crippen LogP contribution in [-0.4, -0.2) is 47.8 Å². The topological polar surface area (TPSA) is 23.5 Å². The van der Waals surface area contributed by atoms with Gasteiger partial charge in [-0.2, -0.15) is 11.8 Å². The van der Waals surface area contributed by atoms with Crippen molar-refractivity contribution in [3.05, 3.63) is 0 Å². The van der Waals surface area contributed by atoms with Gasteiger partial charge in [0, 0.05) is 12.6 Å². The molecule has 1 N–H and O–H groups in total. The highest BCUT2D eigenvalue weighted by Crippen LogP contribution is 2.20. The molecule has 1 rings (SSSR count). The van der Waals surface area contributed by atoms with Gasteiger partial charge in [-0.05, 0) is 50.3 Å². The Hall–Kier alpha value is 0.270. The fourth-order valence-corrected chi connectivity index (χ4v) is 3.18. The van der Waals surface area contributed by atoms with Crippen LogP contribution in [0.25, 0.3) is 0 Å². The second-order valence-electron chi connectivity index (χ2n) is 4.78. The number of piperidine rings is 1. The van der Waals surface area contributed by atoms with Gasteiger partial charge >= 0.3 is 0 Å². The van der Waals surface area contributed by atoms with E-state index < -0.39 is 0 Å². The van der Waals surface area contributed by atoms with E-state index in [1.165, 1.54) is 38.0 Å². The standard InChI is InChI=1S/C12H25NOS/c1-11(9-14)10-15-8-6-12-5-3-4-7-13(12)2/h11-12,14H,3-10H2,1-2H3/t11-,12+/m1/s1. The van der Waals surface area contributed by atoms with Gasteiger partial charge in [-0.25, -0.2) is 0 Å². The molecule has 1 fully saturated rings. The maximum absolute atomic E-state index is 8.90. The van der Waals surface area contributed by atoms with Crippen molar-refractivity contribution in [2.24, 2.45) is 5.92 Å². The number of likely N-dealkylation sites (tertiary alicyclic amines) is 1. The largest absolute Gasteiger partial charge is 0.396 e. The van der Waals surface area contributed by atoms with E-state index in [1.807, 2.05) is 11.8 Å². The van der Waals surface area contributed by atoms with Crippen molar-refractivity contribution in [2.45, 2.75) is 38.6 Å². The normalized spacial score (nSPS) is 25.4. The van der Waals surface area contributed by atoms with Crippen LogP contribution in [0.2, 0.25) is 0 Å². The van der Waals surface area contributed by atoms with E-state index in [2.05, 4.69) is 18.9 Å². The summed E-state index contributed by atoms with van der Waals surface area (Å²) in [5, 5.41) is 8.90. The molecule has 2 atom stereocenters. The third-order valence-electron chi connectivity index (χ3n) is 3.23. The first-order chi connectivity index (χ1) is 7.24. The molecule has 0 aliphatic carbocycles. The summed E-state index contributed by atoms with van der Waals surface area (Å²) in [5.41, 5.74) is 0. The van der Waals surface area contributed by atoms with Crippen molar-refractivity contribution in [3.8, 4) is 0 Å². The van der Waals surface area contributed by atoms with Crippen molar-refractivity contribution >= 4 is 11.8 Å². The Labute approximate surface area is 98.4 Å². The summed E-state index contributed by atoms with van der Waals surface area (Å²) in [6, 6.07) is 0.815. The fraction of sp³-hybridized carbons (Fsp3) is 1.00. The lowest BCUT2D eigenvalue weighted by Crippen LogP contribution is -2.36. The summed E-state index contributed by atoms with van der Waals surface area (Å²) < 4.78 is 0. The molecule has 2 nitrogen and oxygen atoms in total. The summed E-state index contributed by atoms with van der Waals surface area (Å²) in [5.74, 6) is 2.81. The van der Waals surface area contributed by atoms with Crippen molar-refractivity contribution < 1.29 is 5.11 Å². The highest BCUT2D eigenvalue weighted by molar-refractivity contribution is 7.99. The molecule has 0 bridgehead atoms. The summed E-state index contributed by atoms with van der Waals surface area (Å²) in [6.07, 6.45) is 5.49. The Morgan fingerprint density at radius 2 is 2.27 bits per heavy atom. The lowest BCUT2D eigenvalue weighted by atomic mass is 10.0. The van der Waals surface area contributed by atoms with Crippen LogP contribution >= 0.6 is 11.8 Å². The van der Waals surface area contributed by atoms with Crippen molar-refractivity contribution in [1.82, 2.24) is 4.90 Å². The smallest absolute Gasteiger partial charge is 0.0464 e. The molecule has 0 saturated carbocycles. The second kappa shape index (κ2) is 7.53. The zero-order valence-electron chi connectivity index (χ0n) is 10.1. The van der Waals surface area contributed by atoms with Crippen LogP contribution in [0.3, 0.4) is 0 Å². The van der Waals surface area contributed by atoms with Crippen molar-refractivity contribution in [3.63, 3.8) is 0 Å². The third kappa shape index (κ3) is 5.23. The van der Waals surface area contributed by atoms with E-state index in [9.17, 15) is 0 Å². The number of hydrogen-bond donors (Lipinski definition) is 1. The summed E-state index contributed by atoms with van der Waals surface area (Å²) in [4.78, 5) is 2.51. The predicted molar refractivity (Wildman–Crippen MR) is 68.5 cm³/mol. The van der Waals surface area contributed by atoms with Gasteiger partial charge in [0.2, 0.25) is 0 Å². The molecule has 90 valence electrons. The Balaban J connectivity index is 2.03. The van der Waals surface area contributed by atoms with Gasteiger partial charge in [0.1, 0.15) is 0 Å². The fourth-order valence-electron chi connectivity index (χ4n) is 2.07. The molecule has 0 radical (unpaired) electrons. The third-order valence-corrected chi connectivity index (χ3v) is 4.56. The van der Waals surface area contributed by atoms with Gasteiger partial charge in [0.15, 0.2) is 0 Å². The zero-order valence-corrected chi connectivity index (χ0v) is 10.9. The molecule has 1 saturated heterocycles. The van der Waals surface area contributed by atoms with Crippen LogP contribution < -0.4 is 0 Å². The number of rotatable bonds is 6. The Kier molecular flexibility index (Phi) is 6.69. The minimum absolute atomic E-state index is 0.330. The van der Waals surface area contributed by atoms with Crippen LogP contribution in [-0.2, 0) is 0 Å². The van der Waals surface area contributed by atoms with E-state index in [-0.39, 0.29) is 0 Å². The average molecular weight is 231 g/mol. The lowest BCUT2D eigenvalue weighted by molar-refractivity contribution is 0.182. The minimum atomic E-state index is 0.330. The first kappa shape index (κ1) is 13.3. The van der Waals surface area contributed by atoms with E-state index in [4.69, 9.17) is 5.11 Å². The van der Waals surface area contributed by atoms with Crippen molar-refractivity contribution in [2.75, 3.05) is 31.7 Å². The quantitative estimate of drug-likeness (QED) is 0.709. The van der Waals surface area contributed by atoms with Gasteiger partial charge in [-0.3, -0.25) is 0 Å². The second-order valence-corrected chi connectivity index (χ2v) is 5.93. The maximum atomic E-state index is 8.90. The summed E-state index contributed by atoms with van der Waals surface area (Å²) in [7, 11) is 2.25. The van der Waals surface area contributed by atoms with Crippen molar-refractivity contribution in [1.29, 1.82) is 0 Å². The Morgan fingerprint density at radius 1 is 1.47 bits per heavy atom. The monoisotopic (exact) mass is 231 g/mol. The van der Waals surface area contributed by atoms with Gasteiger partial charge in [0.25, 0.3) is 0 Å². The summed E-state index contributed by atoms with van der Waals surface area (Å²) >= 11 is 1.99. The highest BCUT2D eigenvalue weighted by atomic mass is 32.2. The molecule has 1 heterocycles. The van der Waals surface area contributed by atoms with Gasteiger partial charge in [-0.15, -0.1) is 0 Å². The van der Waals surface area contributed by atoms with E-state index in [0.29, 0.717) is 12.5 Å². The zero-order chi connectivity index (χ0) is 11.1. The number of aliphatic hydroxyl groups is 1. The first-order valence-corrected chi connectivity index (χ1v) is 7.28. The van der Waals surface area contributed by atoms with Crippen LogP contribution in [0.5, 0.6) is 0 Å². The molecule has 0 amide bonds. The number of thioether (sulfide) groups is 1. The van der Waals surface area contributed by atoms with Crippen LogP contribution in [0.15, 0.2) is 0 Å². The van der Waals surface area contributed by atoms with Crippen LogP contribution in [0.4, 0.5) is 0 Å². The number of nitrogens with zero attached hydrogens (tertiary/aromatic N) is 1. The molecule has 1 aliphatic rings. The molecule has 0 unspecified atom stereocenters. The van der Waals surface area contributed by atoms with Gasteiger partial charge in [0.05, 0.1) is 0 Å². The molecular formula is C12H25NOS. The number of hydrogen-bond acceptors (Lipinski definition) is 3. The van der Waals surface area contributed by atoms with Gasteiger partial charge in [-0.1, -0.05) is 13.3 Å². The Morgan fingerprint density at radius 3 is 2.93 bits per heavy atom. The lowest BCUT2D eigenvalue weighted by Gasteiger charge is -2.32. The molecule has 0 aromatic rings. The molecular weight excluding hydrogens is 206 g/mol.